The quantitative estimate of drug-likeness (QED) is 0.467. The molecule has 0 spiro atoms. The van der Waals surface area contributed by atoms with Gasteiger partial charge >= 0.3 is 5.97 Å². The standard InChI is InChI=1S/C25H31NO5S/c1-25(2,3)16-9-10-17-20(14-16)32-23(22(17)24(28)31-6)26-21(27)12-8-15-7-11-18(29-4)19(13-15)30-5/h7-8,11-13,16H,9-10,14H2,1-6H3,(H,26,27)/b12-8+/t16-/m1/s1. The molecule has 0 unspecified atom stereocenters. The maximum Gasteiger partial charge on any atom is 0.341 e. The van der Waals surface area contributed by atoms with E-state index in [-0.39, 0.29) is 11.3 Å². The highest BCUT2D eigenvalue weighted by molar-refractivity contribution is 7.17. The molecule has 1 aromatic heterocycles. The number of esters is 1. The number of nitrogens with one attached hydrogen (secondary N) is 1. The molecule has 1 aliphatic carbocycles. The van der Waals surface area contributed by atoms with Gasteiger partial charge in [0, 0.05) is 11.0 Å². The number of methoxy groups -OCH3 is 3. The average Bonchev–Trinajstić information content (AvgIpc) is 3.13. The van der Waals surface area contributed by atoms with Crippen LogP contribution in [0.25, 0.3) is 6.08 Å². The van der Waals surface area contributed by atoms with Crippen LogP contribution in [-0.4, -0.2) is 33.2 Å². The van der Waals surface area contributed by atoms with Gasteiger partial charge in [-0.2, -0.15) is 0 Å². The third-order valence-corrected chi connectivity index (χ3v) is 7.12. The number of amides is 1. The summed E-state index contributed by atoms with van der Waals surface area (Å²) in [5.41, 5.74) is 2.50. The molecule has 1 amide bonds. The molecule has 0 fully saturated rings. The smallest absolute Gasteiger partial charge is 0.341 e. The van der Waals surface area contributed by atoms with E-state index < -0.39 is 5.97 Å². The van der Waals surface area contributed by atoms with E-state index in [2.05, 4.69) is 26.1 Å². The molecule has 2 aromatic rings. The summed E-state index contributed by atoms with van der Waals surface area (Å²) in [6.45, 7) is 6.75. The van der Waals surface area contributed by atoms with E-state index in [9.17, 15) is 9.59 Å². The van der Waals surface area contributed by atoms with Crippen LogP contribution in [0.4, 0.5) is 5.00 Å². The molecule has 0 radical (unpaired) electrons. The number of hydrogen-bond acceptors (Lipinski definition) is 6. The lowest BCUT2D eigenvalue weighted by molar-refractivity contribution is -0.111. The third kappa shape index (κ3) is 5.15. The lowest BCUT2D eigenvalue weighted by Gasteiger charge is -2.33. The Hall–Kier alpha value is -2.80. The Kier molecular flexibility index (Phi) is 7.29. The summed E-state index contributed by atoms with van der Waals surface area (Å²) in [4.78, 5) is 26.4. The summed E-state index contributed by atoms with van der Waals surface area (Å²) in [6.07, 6.45) is 5.88. The van der Waals surface area contributed by atoms with Crippen molar-refractivity contribution in [3.63, 3.8) is 0 Å². The summed E-state index contributed by atoms with van der Waals surface area (Å²) >= 11 is 1.48. The molecule has 3 rings (SSSR count). The second-order valence-corrected chi connectivity index (χ2v) is 10.0. The molecule has 1 aromatic carbocycles. The Morgan fingerprint density at radius 3 is 2.47 bits per heavy atom. The maximum atomic E-state index is 12.7. The van der Waals surface area contributed by atoms with Gasteiger partial charge in [0.05, 0.1) is 26.9 Å². The van der Waals surface area contributed by atoms with Crippen LogP contribution in [0.3, 0.4) is 0 Å². The van der Waals surface area contributed by atoms with E-state index in [1.165, 1.54) is 24.5 Å². The molecule has 1 atom stereocenters. The predicted molar refractivity (Wildman–Crippen MR) is 128 cm³/mol. The molecule has 0 aliphatic heterocycles. The van der Waals surface area contributed by atoms with Crippen molar-refractivity contribution in [3.8, 4) is 11.5 Å². The maximum absolute atomic E-state index is 12.7. The molecule has 7 heteroatoms. The van der Waals surface area contributed by atoms with Crippen LogP contribution in [0.2, 0.25) is 0 Å². The van der Waals surface area contributed by atoms with Crippen molar-refractivity contribution in [2.24, 2.45) is 11.3 Å². The first-order valence-electron chi connectivity index (χ1n) is 10.6. The molecular formula is C25H31NO5S. The Morgan fingerprint density at radius 1 is 1.12 bits per heavy atom. The van der Waals surface area contributed by atoms with Crippen LogP contribution in [-0.2, 0) is 22.4 Å². The van der Waals surface area contributed by atoms with Crippen molar-refractivity contribution < 1.29 is 23.8 Å². The van der Waals surface area contributed by atoms with Crippen LogP contribution in [0.15, 0.2) is 24.3 Å². The van der Waals surface area contributed by atoms with Crippen LogP contribution in [0.1, 0.15) is 53.6 Å². The highest BCUT2D eigenvalue weighted by Crippen LogP contribution is 2.44. The number of thiophene rings is 1. The summed E-state index contributed by atoms with van der Waals surface area (Å²) < 4.78 is 15.6. The third-order valence-electron chi connectivity index (χ3n) is 5.95. The fourth-order valence-corrected chi connectivity index (χ4v) is 5.33. The number of hydrogen-bond donors (Lipinski definition) is 1. The number of anilines is 1. The molecule has 0 bridgehead atoms. The highest BCUT2D eigenvalue weighted by atomic mass is 32.1. The lowest BCUT2D eigenvalue weighted by atomic mass is 9.72. The zero-order chi connectivity index (χ0) is 23.5. The van der Waals surface area contributed by atoms with Crippen LogP contribution >= 0.6 is 11.3 Å². The highest BCUT2D eigenvalue weighted by Gasteiger charge is 2.34. The van der Waals surface area contributed by atoms with E-state index in [4.69, 9.17) is 14.2 Å². The zero-order valence-corrected chi connectivity index (χ0v) is 20.4. The molecular weight excluding hydrogens is 426 g/mol. The van der Waals surface area contributed by atoms with Gasteiger partial charge in [0.25, 0.3) is 0 Å². The first-order valence-corrected chi connectivity index (χ1v) is 11.4. The van der Waals surface area contributed by atoms with Crippen molar-refractivity contribution in [3.05, 3.63) is 45.8 Å². The van der Waals surface area contributed by atoms with E-state index >= 15 is 0 Å². The predicted octanol–water partition coefficient (Wildman–Crippen LogP) is 5.35. The minimum absolute atomic E-state index is 0.193. The van der Waals surface area contributed by atoms with Crippen molar-refractivity contribution in [2.75, 3.05) is 26.6 Å². The van der Waals surface area contributed by atoms with Gasteiger partial charge in [-0.1, -0.05) is 26.8 Å². The molecule has 172 valence electrons. The van der Waals surface area contributed by atoms with Gasteiger partial charge < -0.3 is 19.5 Å². The average molecular weight is 458 g/mol. The van der Waals surface area contributed by atoms with Crippen LogP contribution in [0.5, 0.6) is 11.5 Å². The van der Waals surface area contributed by atoms with Crippen LogP contribution in [0, 0.1) is 11.3 Å². The Morgan fingerprint density at radius 2 is 1.84 bits per heavy atom. The second-order valence-electron chi connectivity index (χ2n) is 8.94. The monoisotopic (exact) mass is 457 g/mol. The van der Waals surface area contributed by atoms with Gasteiger partial charge in [-0.3, -0.25) is 4.79 Å². The normalized spacial score (nSPS) is 15.9. The van der Waals surface area contributed by atoms with Crippen molar-refractivity contribution in [1.29, 1.82) is 0 Å². The number of rotatable bonds is 6. The van der Waals surface area contributed by atoms with Gasteiger partial charge in [0.1, 0.15) is 5.00 Å². The number of benzene rings is 1. The minimum atomic E-state index is -0.407. The topological polar surface area (TPSA) is 73.9 Å². The Bertz CT molecular complexity index is 1030. The van der Waals surface area contributed by atoms with Gasteiger partial charge in [-0.25, -0.2) is 4.79 Å². The van der Waals surface area contributed by atoms with Gasteiger partial charge in [-0.05, 0) is 59.9 Å². The zero-order valence-electron chi connectivity index (χ0n) is 19.5. The van der Waals surface area contributed by atoms with E-state index in [1.54, 1.807) is 32.4 Å². The Balaban J connectivity index is 1.82. The summed E-state index contributed by atoms with van der Waals surface area (Å²) in [6, 6.07) is 5.41. The van der Waals surface area contributed by atoms with Crippen molar-refractivity contribution >= 4 is 34.3 Å². The first kappa shape index (κ1) is 23.9. The van der Waals surface area contributed by atoms with Gasteiger partial charge in [-0.15, -0.1) is 11.3 Å². The number of carbonyl (C=O) groups excluding carboxylic acids is 2. The fraction of sp³-hybridized carbons (Fsp3) is 0.440. The molecule has 0 saturated carbocycles. The summed E-state index contributed by atoms with van der Waals surface area (Å²) in [5.74, 6) is 1.02. The summed E-state index contributed by atoms with van der Waals surface area (Å²) in [7, 11) is 4.51. The molecule has 1 heterocycles. The molecule has 1 N–H and O–H groups in total. The fourth-order valence-electron chi connectivity index (χ4n) is 4.01. The van der Waals surface area contributed by atoms with Crippen LogP contribution < -0.4 is 14.8 Å². The number of fused-ring (bicyclic) bond motifs is 1. The van der Waals surface area contributed by atoms with E-state index in [0.29, 0.717) is 28.0 Å². The molecule has 32 heavy (non-hydrogen) atoms. The largest absolute Gasteiger partial charge is 0.493 e. The Labute approximate surface area is 193 Å². The molecule has 6 nitrogen and oxygen atoms in total. The lowest BCUT2D eigenvalue weighted by Crippen LogP contribution is -2.26. The van der Waals surface area contributed by atoms with E-state index in [1.807, 2.05) is 6.07 Å². The second kappa shape index (κ2) is 9.77. The van der Waals surface area contributed by atoms with Crippen molar-refractivity contribution in [1.82, 2.24) is 0 Å². The molecule has 0 saturated heterocycles. The van der Waals surface area contributed by atoms with Crippen molar-refractivity contribution in [2.45, 2.75) is 40.0 Å². The van der Waals surface area contributed by atoms with Gasteiger partial charge in [0.2, 0.25) is 5.91 Å². The molecule has 1 aliphatic rings. The number of ether oxygens (including phenoxy) is 3. The minimum Gasteiger partial charge on any atom is -0.493 e. The van der Waals surface area contributed by atoms with E-state index in [0.717, 1.165) is 35.3 Å². The number of carbonyl (C=O) groups is 2. The summed E-state index contributed by atoms with van der Waals surface area (Å²) in [5, 5.41) is 3.45. The SMILES string of the molecule is COC(=O)c1c(NC(=O)/C=C/c2ccc(OC)c(OC)c2)sc2c1CC[C@@H](C(C)(C)C)C2. The van der Waals surface area contributed by atoms with Gasteiger partial charge in [0.15, 0.2) is 11.5 Å². The first-order chi connectivity index (χ1) is 15.2.